The van der Waals surface area contributed by atoms with Crippen LogP contribution in [0.1, 0.15) is 53.4 Å². The number of aliphatic hydroxyl groups is 2. The van der Waals surface area contributed by atoms with Gasteiger partial charge >= 0.3 is 0 Å². The fourth-order valence-corrected chi connectivity index (χ4v) is 4.05. The summed E-state index contributed by atoms with van der Waals surface area (Å²) in [6.45, 7) is 7.89. The molecule has 2 aliphatic carbocycles. The minimum atomic E-state index is -0.814. The second kappa shape index (κ2) is 4.31. The quantitative estimate of drug-likeness (QED) is 0.754. The lowest BCUT2D eigenvalue weighted by Gasteiger charge is -2.54. The van der Waals surface area contributed by atoms with Crippen molar-refractivity contribution >= 4 is 5.78 Å². The Morgan fingerprint density at radius 2 is 1.94 bits per heavy atom. The lowest BCUT2D eigenvalue weighted by molar-refractivity contribution is -0.158. The molecule has 0 aromatic carbocycles. The third-order valence-electron chi connectivity index (χ3n) is 5.60. The molecule has 2 unspecified atom stereocenters. The summed E-state index contributed by atoms with van der Waals surface area (Å²) in [5.41, 5.74) is -0.969. The van der Waals surface area contributed by atoms with E-state index < -0.39 is 11.7 Å². The first-order chi connectivity index (χ1) is 8.16. The molecule has 2 aliphatic rings. The Morgan fingerprint density at radius 1 is 1.33 bits per heavy atom. The third-order valence-corrected chi connectivity index (χ3v) is 5.60. The number of aliphatic hydroxyl groups excluding tert-OH is 1. The SMILES string of the molecule is C[C@H]1CCC(O)C2C(=O)C[C@@H](C(C)(C)O)C[C@@]21C. The average molecular weight is 254 g/mol. The monoisotopic (exact) mass is 254 g/mol. The molecule has 2 fully saturated rings. The highest BCUT2D eigenvalue weighted by atomic mass is 16.3. The first kappa shape index (κ1) is 14.0. The molecular formula is C15H26O3. The van der Waals surface area contributed by atoms with Crippen LogP contribution in [0.25, 0.3) is 0 Å². The number of ketones is 1. The van der Waals surface area contributed by atoms with Gasteiger partial charge in [-0.1, -0.05) is 13.8 Å². The minimum Gasteiger partial charge on any atom is -0.392 e. The second-order valence-electron chi connectivity index (χ2n) is 7.25. The molecule has 0 bridgehead atoms. The Bertz CT molecular complexity index is 344. The number of hydrogen-bond acceptors (Lipinski definition) is 3. The van der Waals surface area contributed by atoms with Gasteiger partial charge in [0, 0.05) is 12.3 Å². The molecule has 2 N–H and O–H groups in total. The molecule has 0 saturated heterocycles. The first-order valence-electron chi connectivity index (χ1n) is 7.09. The zero-order valence-electron chi connectivity index (χ0n) is 11.9. The second-order valence-corrected chi connectivity index (χ2v) is 7.25. The molecule has 0 amide bonds. The van der Waals surface area contributed by atoms with Gasteiger partial charge in [-0.15, -0.1) is 0 Å². The van der Waals surface area contributed by atoms with Crippen molar-refractivity contribution in [3.05, 3.63) is 0 Å². The van der Waals surface area contributed by atoms with E-state index in [-0.39, 0.29) is 23.0 Å². The van der Waals surface area contributed by atoms with Crippen LogP contribution in [-0.4, -0.2) is 27.7 Å². The number of rotatable bonds is 1. The fourth-order valence-electron chi connectivity index (χ4n) is 4.05. The summed E-state index contributed by atoms with van der Waals surface area (Å²) < 4.78 is 0. The van der Waals surface area contributed by atoms with Crippen LogP contribution < -0.4 is 0 Å². The molecule has 0 aromatic heterocycles. The van der Waals surface area contributed by atoms with E-state index in [1.54, 1.807) is 13.8 Å². The van der Waals surface area contributed by atoms with E-state index >= 15 is 0 Å². The average Bonchev–Trinajstić information content (AvgIpc) is 2.22. The number of carbonyl (C=O) groups excluding carboxylic acids is 1. The summed E-state index contributed by atoms with van der Waals surface area (Å²) in [7, 11) is 0. The largest absolute Gasteiger partial charge is 0.392 e. The van der Waals surface area contributed by atoms with Crippen molar-refractivity contribution in [1.29, 1.82) is 0 Å². The number of Topliss-reactive ketones (excluding diaryl/α,β-unsaturated/α-hetero) is 1. The lowest BCUT2D eigenvalue weighted by atomic mass is 9.51. The highest BCUT2D eigenvalue weighted by Crippen LogP contribution is 2.54. The van der Waals surface area contributed by atoms with Crippen LogP contribution >= 0.6 is 0 Å². The van der Waals surface area contributed by atoms with E-state index in [1.807, 2.05) is 0 Å². The highest BCUT2D eigenvalue weighted by molar-refractivity contribution is 5.84. The van der Waals surface area contributed by atoms with Gasteiger partial charge in [0.2, 0.25) is 0 Å². The van der Waals surface area contributed by atoms with Gasteiger partial charge in [0.25, 0.3) is 0 Å². The summed E-state index contributed by atoms with van der Waals surface area (Å²) >= 11 is 0. The Kier molecular flexibility index (Phi) is 3.35. The van der Waals surface area contributed by atoms with Crippen molar-refractivity contribution < 1.29 is 15.0 Å². The maximum atomic E-state index is 12.4. The molecule has 104 valence electrons. The Morgan fingerprint density at radius 3 is 2.50 bits per heavy atom. The van der Waals surface area contributed by atoms with Gasteiger partial charge in [0.05, 0.1) is 11.7 Å². The van der Waals surface area contributed by atoms with E-state index in [9.17, 15) is 15.0 Å². The summed E-state index contributed by atoms with van der Waals surface area (Å²) in [5, 5.41) is 20.4. The van der Waals surface area contributed by atoms with Crippen LogP contribution in [0.5, 0.6) is 0 Å². The first-order valence-corrected chi connectivity index (χ1v) is 7.09. The topological polar surface area (TPSA) is 57.5 Å². The van der Waals surface area contributed by atoms with E-state index in [2.05, 4.69) is 13.8 Å². The number of carbonyl (C=O) groups is 1. The Hall–Kier alpha value is -0.410. The van der Waals surface area contributed by atoms with Gasteiger partial charge in [0.15, 0.2) is 0 Å². The maximum absolute atomic E-state index is 12.4. The van der Waals surface area contributed by atoms with Crippen LogP contribution in [0.2, 0.25) is 0 Å². The smallest absolute Gasteiger partial charge is 0.139 e. The standard InChI is InChI=1S/C15H26O3/c1-9-5-6-11(16)13-12(17)7-10(14(2,3)18)8-15(9,13)4/h9-11,13,16,18H,5-8H2,1-4H3/t9-,10+,11?,13?,15+/m0/s1. The molecule has 0 heterocycles. The molecule has 0 radical (unpaired) electrons. The van der Waals surface area contributed by atoms with E-state index in [0.717, 1.165) is 19.3 Å². The number of hydrogen-bond donors (Lipinski definition) is 2. The third kappa shape index (κ3) is 2.12. The van der Waals surface area contributed by atoms with Crippen LogP contribution in [0, 0.1) is 23.2 Å². The molecule has 18 heavy (non-hydrogen) atoms. The van der Waals surface area contributed by atoms with Gasteiger partial charge in [-0.2, -0.15) is 0 Å². The summed E-state index contributed by atoms with van der Waals surface area (Å²) in [6.07, 6.45) is 2.47. The number of fused-ring (bicyclic) bond motifs is 1. The molecule has 0 spiro atoms. The molecule has 5 atom stereocenters. The van der Waals surface area contributed by atoms with E-state index in [1.165, 1.54) is 0 Å². The molecule has 0 aliphatic heterocycles. The Labute approximate surface area is 110 Å². The van der Waals surface area contributed by atoms with Crippen molar-refractivity contribution in [3.8, 4) is 0 Å². The molecule has 3 heteroatoms. The van der Waals surface area contributed by atoms with Gasteiger partial charge in [-0.25, -0.2) is 0 Å². The zero-order chi connectivity index (χ0) is 13.7. The Balaban J connectivity index is 2.32. The van der Waals surface area contributed by atoms with Crippen molar-refractivity contribution in [2.45, 2.75) is 65.1 Å². The minimum absolute atomic E-state index is 0.0130. The van der Waals surface area contributed by atoms with Gasteiger partial charge in [-0.05, 0) is 50.4 Å². The van der Waals surface area contributed by atoms with Crippen LogP contribution in [0.15, 0.2) is 0 Å². The fraction of sp³-hybridized carbons (Fsp3) is 0.933. The van der Waals surface area contributed by atoms with Crippen LogP contribution in [0.3, 0.4) is 0 Å². The predicted octanol–water partition coefficient (Wildman–Crippen LogP) is 2.15. The maximum Gasteiger partial charge on any atom is 0.139 e. The van der Waals surface area contributed by atoms with E-state index in [0.29, 0.717) is 12.3 Å². The highest BCUT2D eigenvalue weighted by Gasteiger charge is 2.55. The summed E-state index contributed by atoms with van der Waals surface area (Å²) in [4.78, 5) is 12.4. The summed E-state index contributed by atoms with van der Waals surface area (Å²) in [5.74, 6) is 0.369. The van der Waals surface area contributed by atoms with Crippen molar-refractivity contribution in [3.63, 3.8) is 0 Å². The van der Waals surface area contributed by atoms with Crippen LogP contribution in [-0.2, 0) is 4.79 Å². The molecule has 2 saturated carbocycles. The summed E-state index contributed by atoms with van der Waals surface area (Å²) in [6, 6.07) is 0. The van der Waals surface area contributed by atoms with Gasteiger partial charge in [-0.3, -0.25) is 4.79 Å². The molecular weight excluding hydrogens is 228 g/mol. The lowest BCUT2D eigenvalue weighted by Crippen LogP contribution is -2.55. The van der Waals surface area contributed by atoms with Crippen molar-refractivity contribution in [2.24, 2.45) is 23.2 Å². The molecule has 2 rings (SSSR count). The predicted molar refractivity (Wildman–Crippen MR) is 70.0 cm³/mol. The van der Waals surface area contributed by atoms with Crippen molar-refractivity contribution in [1.82, 2.24) is 0 Å². The molecule has 3 nitrogen and oxygen atoms in total. The van der Waals surface area contributed by atoms with Crippen molar-refractivity contribution in [2.75, 3.05) is 0 Å². The van der Waals surface area contributed by atoms with Gasteiger partial charge in [0.1, 0.15) is 5.78 Å². The zero-order valence-corrected chi connectivity index (χ0v) is 11.9. The van der Waals surface area contributed by atoms with Crippen LogP contribution in [0.4, 0.5) is 0 Å². The van der Waals surface area contributed by atoms with Gasteiger partial charge < -0.3 is 10.2 Å². The van der Waals surface area contributed by atoms with E-state index in [4.69, 9.17) is 0 Å². The molecule has 0 aromatic rings. The normalized spacial score (nSPS) is 45.8.